The van der Waals surface area contributed by atoms with Crippen molar-refractivity contribution in [3.05, 3.63) is 39.7 Å². The summed E-state index contributed by atoms with van der Waals surface area (Å²) < 4.78 is 19.3. The maximum absolute atomic E-state index is 14.0. The third-order valence-corrected chi connectivity index (χ3v) is 3.89. The lowest BCUT2D eigenvalue weighted by Crippen LogP contribution is -2.42. The fourth-order valence-electron chi connectivity index (χ4n) is 2.54. The quantitative estimate of drug-likeness (QED) is 0.563. The van der Waals surface area contributed by atoms with E-state index in [0.29, 0.717) is 25.2 Å². The van der Waals surface area contributed by atoms with Crippen LogP contribution in [0.25, 0.3) is 0 Å². The molecule has 0 spiro atoms. The van der Waals surface area contributed by atoms with E-state index in [1.165, 1.54) is 12.1 Å². The van der Waals surface area contributed by atoms with Gasteiger partial charge in [-0.2, -0.15) is 0 Å². The van der Waals surface area contributed by atoms with E-state index < -0.39 is 10.7 Å². The molecule has 1 fully saturated rings. The summed E-state index contributed by atoms with van der Waals surface area (Å²) in [5.74, 6) is -0.589. The SMILES string of the molecule is O=[N+]([O-])c1ccc(CN(CCO)CCN2CCOCC2)c(F)c1. The van der Waals surface area contributed by atoms with Crippen LogP contribution in [-0.2, 0) is 11.3 Å². The number of nitro benzene ring substituents is 1. The molecular weight excluding hydrogens is 305 g/mol. The van der Waals surface area contributed by atoms with Crippen LogP contribution in [0.15, 0.2) is 18.2 Å². The number of nitrogens with zero attached hydrogens (tertiary/aromatic N) is 3. The molecule has 8 heteroatoms. The highest BCUT2D eigenvalue weighted by Crippen LogP contribution is 2.18. The average molecular weight is 327 g/mol. The van der Waals surface area contributed by atoms with E-state index in [1.807, 2.05) is 4.90 Å². The fourth-order valence-corrected chi connectivity index (χ4v) is 2.54. The number of halogens is 1. The van der Waals surface area contributed by atoms with Crippen LogP contribution in [0, 0.1) is 15.9 Å². The first kappa shape index (κ1) is 17.7. The maximum Gasteiger partial charge on any atom is 0.272 e. The van der Waals surface area contributed by atoms with Crippen LogP contribution in [0.3, 0.4) is 0 Å². The van der Waals surface area contributed by atoms with Gasteiger partial charge in [-0.3, -0.25) is 19.9 Å². The van der Waals surface area contributed by atoms with Crippen LogP contribution >= 0.6 is 0 Å². The lowest BCUT2D eigenvalue weighted by molar-refractivity contribution is -0.385. The van der Waals surface area contributed by atoms with Gasteiger partial charge in [0.15, 0.2) is 0 Å². The number of hydrogen-bond donors (Lipinski definition) is 1. The van der Waals surface area contributed by atoms with Gasteiger partial charge in [-0.05, 0) is 6.07 Å². The zero-order valence-electron chi connectivity index (χ0n) is 13.0. The van der Waals surface area contributed by atoms with Gasteiger partial charge in [0, 0.05) is 50.9 Å². The monoisotopic (exact) mass is 327 g/mol. The van der Waals surface area contributed by atoms with E-state index in [-0.39, 0.29) is 12.3 Å². The van der Waals surface area contributed by atoms with Crippen molar-refractivity contribution in [2.45, 2.75) is 6.54 Å². The lowest BCUT2D eigenvalue weighted by atomic mass is 10.1. The summed E-state index contributed by atoms with van der Waals surface area (Å²) in [4.78, 5) is 14.2. The van der Waals surface area contributed by atoms with E-state index in [1.54, 1.807) is 0 Å². The first-order chi connectivity index (χ1) is 11.1. The fraction of sp³-hybridized carbons (Fsp3) is 0.600. The summed E-state index contributed by atoms with van der Waals surface area (Å²) in [5, 5.41) is 19.8. The van der Waals surface area contributed by atoms with E-state index >= 15 is 0 Å². The zero-order valence-corrected chi connectivity index (χ0v) is 13.0. The van der Waals surface area contributed by atoms with Crippen LogP contribution in [0.4, 0.5) is 10.1 Å². The molecule has 1 N–H and O–H groups in total. The van der Waals surface area contributed by atoms with E-state index in [2.05, 4.69) is 4.90 Å². The summed E-state index contributed by atoms with van der Waals surface area (Å²) in [6.07, 6.45) is 0. The van der Waals surface area contributed by atoms with Crippen molar-refractivity contribution < 1.29 is 19.2 Å². The Balaban J connectivity index is 1.93. The van der Waals surface area contributed by atoms with E-state index in [4.69, 9.17) is 4.74 Å². The normalized spacial score (nSPS) is 16.0. The number of aliphatic hydroxyl groups is 1. The second kappa shape index (κ2) is 8.88. The second-order valence-electron chi connectivity index (χ2n) is 5.49. The first-order valence-corrected chi connectivity index (χ1v) is 7.66. The molecule has 0 radical (unpaired) electrons. The Morgan fingerprint density at radius 3 is 2.70 bits per heavy atom. The molecule has 0 aromatic heterocycles. The molecule has 0 aliphatic carbocycles. The van der Waals surface area contributed by atoms with Gasteiger partial charge in [0.25, 0.3) is 5.69 Å². The van der Waals surface area contributed by atoms with Gasteiger partial charge in [0.1, 0.15) is 5.82 Å². The number of ether oxygens (including phenoxy) is 1. The van der Waals surface area contributed by atoms with Crippen LogP contribution in [0.1, 0.15) is 5.56 Å². The smallest absolute Gasteiger partial charge is 0.272 e. The van der Waals surface area contributed by atoms with Gasteiger partial charge in [0.05, 0.1) is 30.8 Å². The first-order valence-electron chi connectivity index (χ1n) is 7.66. The van der Waals surface area contributed by atoms with Gasteiger partial charge in [0.2, 0.25) is 0 Å². The molecule has 1 heterocycles. The topological polar surface area (TPSA) is 79.1 Å². The number of aliphatic hydroxyl groups excluding tert-OH is 1. The Hall–Kier alpha value is -1.61. The standard InChI is InChI=1S/C15H22FN3O4/c16-15-11-14(19(21)22)2-1-13(15)12-18(5-8-20)4-3-17-6-9-23-10-7-17/h1-2,11,20H,3-10,12H2. The third kappa shape index (κ3) is 5.51. The maximum atomic E-state index is 14.0. The third-order valence-electron chi connectivity index (χ3n) is 3.89. The molecule has 128 valence electrons. The predicted octanol–water partition coefficient (Wildman–Crippen LogP) is 0.860. The number of morpholine rings is 1. The van der Waals surface area contributed by atoms with Crippen LogP contribution < -0.4 is 0 Å². The highest BCUT2D eigenvalue weighted by molar-refractivity contribution is 5.34. The molecule has 0 atom stereocenters. The Bertz CT molecular complexity index is 523. The van der Waals surface area contributed by atoms with Crippen LogP contribution in [0.2, 0.25) is 0 Å². The number of benzene rings is 1. The highest BCUT2D eigenvalue weighted by Gasteiger charge is 2.15. The van der Waals surface area contributed by atoms with E-state index in [9.17, 15) is 19.6 Å². The lowest BCUT2D eigenvalue weighted by Gasteiger charge is -2.29. The number of rotatable bonds is 8. The Morgan fingerprint density at radius 2 is 2.09 bits per heavy atom. The molecule has 0 saturated carbocycles. The minimum absolute atomic E-state index is 0.0162. The molecule has 1 aliphatic heterocycles. The second-order valence-corrected chi connectivity index (χ2v) is 5.49. The Labute approximate surface area is 134 Å². The van der Waals surface area contributed by atoms with Crippen molar-refractivity contribution in [3.8, 4) is 0 Å². The van der Waals surface area contributed by atoms with Crippen LogP contribution in [-0.4, -0.2) is 72.4 Å². The molecule has 0 bridgehead atoms. The molecule has 23 heavy (non-hydrogen) atoms. The van der Waals surface area contributed by atoms with Gasteiger partial charge >= 0.3 is 0 Å². The molecule has 1 aliphatic rings. The number of hydrogen-bond acceptors (Lipinski definition) is 6. The van der Waals surface area contributed by atoms with Crippen molar-refractivity contribution in [2.24, 2.45) is 0 Å². The zero-order chi connectivity index (χ0) is 16.7. The van der Waals surface area contributed by atoms with Crippen LogP contribution in [0.5, 0.6) is 0 Å². The van der Waals surface area contributed by atoms with Gasteiger partial charge in [-0.1, -0.05) is 0 Å². The summed E-state index contributed by atoms with van der Waals surface area (Å²) in [5.41, 5.74) is 0.138. The molecule has 7 nitrogen and oxygen atoms in total. The van der Waals surface area contributed by atoms with Crippen molar-refractivity contribution in [1.29, 1.82) is 0 Å². The highest BCUT2D eigenvalue weighted by atomic mass is 19.1. The minimum atomic E-state index is -0.614. The summed E-state index contributed by atoms with van der Waals surface area (Å²) in [7, 11) is 0. The predicted molar refractivity (Wildman–Crippen MR) is 82.7 cm³/mol. The average Bonchev–Trinajstić information content (AvgIpc) is 2.55. The molecule has 0 amide bonds. The van der Waals surface area contributed by atoms with Crippen molar-refractivity contribution in [2.75, 3.05) is 52.5 Å². The molecular formula is C15H22FN3O4. The number of nitro groups is 1. The van der Waals surface area contributed by atoms with Crippen molar-refractivity contribution in [3.63, 3.8) is 0 Å². The largest absolute Gasteiger partial charge is 0.395 e. The van der Waals surface area contributed by atoms with E-state index in [0.717, 1.165) is 38.9 Å². The molecule has 1 aromatic rings. The molecule has 1 saturated heterocycles. The van der Waals surface area contributed by atoms with Gasteiger partial charge < -0.3 is 9.84 Å². The Morgan fingerprint density at radius 1 is 1.35 bits per heavy atom. The molecule has 1 aromatic carbocycles. The number of non-ortho nitro benzene ring substituents is 1. The van der Waals surface area contributed by atoms with Gasteiger partial charge in [-0.25, -0.2) is 4.39 Å². The van der Waals surface area contributed by atoms with Crippen molar-refractivity contribution in [1.82, 2.24) is 9.80 Å². The van der Waals surface area contributed by atoms with Crippen molar-refractivity contribution >= 4 is 5.69 Å². The molecule has 0 unspecified atom stereocenters. The summed E-state index contributed by atoms with van der Waals surface area (Å²) >= 11 is 0. The molecule has 2 rings (SSSR count). The summed E-state index contributed by atoms with van der Waals surface area (Å²) in [6.45, 7) is 5.42. The Kier molecular flexibility index (Phi) is 6.85. The summed E-state index contributed by atoms with van der Waals surface area (Å²) in [6, 6.07) is 3.68. The van der Waals surface area contributed by atoms with Gasteiger partial charge in [-0.15, -0.1) is 0 Å². The minimum Gasteiger partial charge on any atom is -0.395 e.